The third-order valence-electron chi connectivity index (χ3n) is 5.24. The van der Waals surface area contributed by atoms with E-state index in [0.717, 1.165) is 18.8 Å². The van der Waals surface area contributed by atoms with Crippen LogP contribution in [0.4, 0.5) is 0 Å². The number of ether oxygens (including phenoxy) is 1. The quantitative estimate of drug-likeness (QED) is 0.433. The summed E-state index contributed by atoms with van der Waals surface area (Å²) >= 11 is 17.2. The molecule has 1 saturated carbocycles. The predicted molar refractivity (Wildman–Crippen MR) is 120 cm³/mol. The Morgan fingerprint density at radius 2 is 1.89 bits per heavy atom. The molecule has 0 bridgehead atoms. The van der Waals surface area contributed by atoms with Crippen molar-refractivity contribution in [1.82, 2.24) is 10.6 Å². The Kier molecular flexibility index (Phi) is 8.84. The molecule has 1 amide bonds. The lowest BCUT2D eigenvalue weighted by Gasteiger charge is -2.37. The first kappa shape index (κ1) is 23.2. The second-order valence-electron chi connectivity index (χ2n) is 8.46. The third kappa shape index (κ3) is 7.76. The molecule has 1 aromatic carbocycles. The molecular weight excluding hydrogens is 415 g/mol. The fraction of sp³-hybridized carbons (Fsp3) is 0.619. The summed E-state index contributed by atoms with van der Waals surface area (Å²) in [5.41, 5.74) is 0.359. The van der Waals surface area contributed by atoms with Gasteiger partial charge in [-0.1, -0.05) is 44.0 Å². The number of amides is 1. The summed E-state index contributed by atoms with van der Waals surface area (Å²) in [5, 5.41) is 7.50. The van der Waals surface area contributed by atoms with E-state index in [1.165, 1.54) is 12.8 Å². The van der Waals surface area contributed by atoms with Gasteiger partial charge in [0.15, 0.2) is 5.11 Å². The highest BCUT2D eigenvalue weighted by Gasteiger charge is 2.29. The van der Waals surface area contributed by atoms with Crippen LogP contribution in [0.25, 0.3) is 0 Å². The fourth-order valence-electron chi connectivity index (χ4n) is 3.52. The van der Waals surface area contributed by atoms with Crippen LogP contribution in [0, 0.1) is 11.3 Å². The monoisotopic (exact) mass is 444 g/mol. The van der Waals surface area contributed by atoms with E-state index < -0.39 is 0 Å². The topological polar surface area (TPSA) is 50.4 Å². The van der Waals surface area contributed by atoms with Gasteiger partial charge in [-0.3, -0.25) is 4.79 Å². The lowest BCUT2D eigenvalue weighted by molar-refractivity contribution is -0.119. The minimum atomic E-state index is -0.105. The molecule has 1 aliphatic rings. The molecule has 2 rings (SSSR count). The Balaban J connectivity index is 1.62. The molecule has 0 aromatic heterocycles. The molecule has 28 heavy (non-hydrogen) atoms. The Hall–Kier alpha value is -1.04. The van der Waals surface area contributed by atoms with Gasteiger partial charge in [0.2, 0.25) is 5.91 Å². The van der Waals surface area contributed by atoms with Crippen LogP contribution >= 0.6 is 35.4 Å². The van der Waals surface area contributed by atoms with Gasteiger partial charge in [0.25, 0.3) is 0 Å². The zero-order chi connectivity index (χ0) is 20.7. The largest absolute Gasteiger partial charge is 0.492 e. The minimum absolute atomic E-state index is 0.105. The molecule has 4 nitrogen and oxygen atoms in total. The summed E-state index contributed by atoms with van der Waals surface area (Å²) in [6, 6.07) is 5.42. The Labute approximate surface area is 183 Å². The van der Waals surface area contributed by atoms with Gasteiger partial charge in [-0.2, -0.15) is 0 Å². The molecular formula is C21H30Cl2N2O2S. The summed E-state index contributed by atoms with van der Waals surface area (Å²) < 4.78 is 5.59. The van der Waals surface area contributed by atoms with Crippen molar-refractivity contribution in [1.29, 1.82) is 0 Å². The Morgan fingerprint density at radius 3 is 2.50 bits per heavy atom. The lowest BCUT2D eigenvalue weighted by atomic mass is 9.71. The fourth-order valence-corrected chi connectivity index (χ4v) is 4.27. The van der Waals surface area contributed by atoms with Crippen molar-refractivity contribution in [2.24, 2.45) is 11.3 Å². The Morgan fingerprint density at radius 1 is 1.21 bits per heavy atom. The highest BCUT2D eigenvalue weighted by Crippen LogP contribution is 2.37. The number of carbonyl (C=O) groups excluding carboxylic acids is 1. The van der Waals surface area contributed by atoms with Crippen LogP contribution in [0.15, 0.2) is 18.2 Å². The van der Waals surface area contributed by atoms with E-state index in [1.807, 2.05) is 0 Å². The van der Waals surface area contributed by atoms with Crippen molar-refractivity contribution in [2.45, 2.75) is 65.3 Å². The van der Waals surface area contributed by atoms with Crippen molar-refractivity contribution in [3.63, 3.8) is 0 Å². The molecule has 2 N–H and O–H groups in total. The van der Waals surface area contributed by atoms with E-state index in [4.69, 9.17) is 40.2 Å². The van der Waals surface area contributed by atoms with E-state index in [2.05, 4.69) is 31.4 Å². The van der Waals surface area contributed by atoms with Gasteiger partial charge >= 0.3 is 0 Å². The molecule has 1 fully saturated rings. The number of thiocarbonyl (C=S) groups is 1. The number of hydrogen-bond donors (Lipinski definition) is 2. The van der Waals surface area contributed by atoms with E-state index in [9.17, 15) is 4.79 Å². The van der Waals surface area contributed by atoms with Gasteiger partial charge < -0.3 is 15.4 Å². The maximum absolute atomic E-state index is 12.1. The summed E-state index contributed by atoms with van der Waals surface area (Å²) in [5.74, 6) is 1.21. The van der Waals surface area contributed by atoms with Crippen molar-refractivity contribution >= 4 is 46.4 Å². The molecule has 1 aliphatic carbocycles. The van der Waals surface area contributed by atoms with Crippen molar-refractivity contribution < 1.29 is 9.53 Å². The molecule has 0 saturated heterocycles. The number of nitrogens with one attached hydrogen (secondary N) is 2. The molecule has 0 unspecified atom stereocenters. The highest BCUT2D eigenvalue weighted by molar-refractivity contribution is 7.80. The second-order valence-corrected chi connectivity index (χ2v) is 9.71. The lowest BCUT2D eigenvalue weighted by Crippen LogP contribution is -2.46. The van der Waals surface area contributed by atoms with Crippen molar-refractivity contribution in [3.05, 3.63) is 28.2 Å². The van der Waals surface area contributed by atoms with E-state index in [0.29, 0.717) is 51.8 Å². The number of benzene rings is 1. The summed E-state index contributed by atoms with van der Waals surface area (Å²) in [4.78, 5) is 12.1. The minimum Gasteiger partial charge on any atom is -0.492 e. The average Bonchev–Trinajstić information content (AvgIpc) is 2.59. The first-order valence-electron chi connectivity index (χ1n) is 9.83. The van der Waals surface area contributed by atoms with Gasteiger partial charge in [-0.15, -0.1) is 0 Å². The van der Waals surface area contributed by atoms with Crippen molar-refractivity contribution in [3.8, 4) is 5.75 Å². The molecule has 1 aromatic rings. The molecule has 0 atom stereocenters. The SMILES string of the molecule is CC(C)(C)C1CCC(NC(=S)NC(=O)CCCOc2ccc(Cl)cc2Cl)CC1. The van der Waals surface area contributed by atoms with Crippen LogP contribution in [0.1, 0.15) is 59.3 Å². The van der Waals surface area contributed by atoms with E-state index in [1.54, 1.807) is 18.2 Å². The van der Waals surface area contributed by atoms with Gasteiger partial charge in [-0.25, -0.2) is 0 Å². The molecule has 156 valence electrons. The van der Waals surface area contributed by atoms with Crippen LogP contribution in [0.5, 0.6) is 5.75 Å². The molecule has 0 heterocycles. The summed E-state index contributed by atoms with van der Waals surface area (Å²) in [6.45, 7) is 7.31. The van der Waals surface area contributed by atoms with Crippen LogP contribution in [-0.4, -0.2) is 23.7 Å². The maximum atomic E-state index is 12.1. The highest BCUT2D eigenvalue weighted by atomic mass is 35.5. The third-order valence-corrected chi connectivity index (χ3v) is 5.99. The van der Waals surface area contributed by atoms with E-state index in [-0.39, 0.29) is 5.91 Å². The zero-order valence-electron chi connectivity index (χ0n) is 16.8. The first-order valence-corrected chi connectivity index (χ1v) is 11.0. The van der Waals surface area contributed by atoms with Crippen molar-refractivity contribution in [2.75, 3.05) is 6.61 Å². The van der Waals surface area contributed by atoms with Gasteiger partial charge in [0, 0.05) is 17.5 Å². The number of rotatable bonds is 6. The van der Waals surface area contributed by atoms with Crippen LogP contribution in [0.3, 0.4) is 0 Å². The van der Waals surface area contributed by atoms with Crippen LogP contribution in [-0.2, 0) is 4.79 Å². The molecule has 0 spiro atoms. The van der Waals surface area contributed by atoms with Gasteiger partial charge in [-0.05, 0) is 73.9 Å². The average molecular weight is 445 g/mol. The molecule has 0 radical (unpaired) electrons. The molecule has 0 aliphatic heterocycles. The second kappa shape index (κ2) is 10.7. The standard InChI is InChI=1S/C21H30Cl2N2O2S/c1-21(2,3)14-6-9-16(10-7-14)24-20(28)25-19(26)5-4-12-27-18-11-8-15(22)13-17(18)23/h8,11,13-14,16H,4-7,9-10,12H2,1-3H3,(H2,24,25,26,28). The maximum Gasteiger partial charge on any atom is 0.226 e. The first-order chi connectivity index (χ1) is 13.1. The van der Waals surface area contributed by atoms with Crippen LogP contribution < -0.4 is 15.4 Å². The summed E-state index contributed by atoms with van der Waals surface area (Å²) in [6.07, 6.45) is 5.49. The zero-order valence-corrected chi connectivity index (χ0v) is 19.1. The predicted octanol–water partition coefficient (Wildman–Crippen LogP) is 5.75. The Bertz CT molecular complexity index is 683. The van der Waals surface area contributed by atoms with Gasteiger partial charge in [0.05, 0.1) is 11.6 Å². The number of carbonyl (C=O) groups is 1. The van der Waals surface area contributed by atoms with E-state index >= 15 is 0 Å². The van der Waals surface area contributed by atoms with Gasteiger partial charge in [0.1, 0.15) is 5.75 Å². The normalized spacial score (nSPS) is 19.8. The summed E-state index contributed by atoms with van der Waals surface area (Å²) in [7, 11) is 0. The smallest absolute Gasteiger partial charge is 0.226 e. The number of halogens is 2. The van der Waals surface area contributed by atoms with Crippen LogP contribution in [0.2, 0.25) is 10.0 Å². The molecule has 7 heteroatoms. The number of hydrogen-bond acceptors (Lipinski definition) is 3.